The maximum Gasteiger partial charge on any atom is 0.143 e. The fraction of sp³-hybridized carbons (Fsp3) is 0. The average molecular weight is 333 g/mol. The quantitative estimate of drug-likeness (QED) is 0.495. The minimum atomic E-state index is -2.23. The molecule has 0 saturated carbocycles. The zero-order chi connectivity index (χ0) is 16.5. The Kier molecular flexibility index (Phi) is 3.76. The summed E-state index contributed by atoms with van der Waals surface area (Å²) in [5.41, 5.74) is 3.73. The molecule has 118 valence electrons. The highest BCUT2D eigenvalue weighted by Crippen LogP contribution is 2.40. The largest absolute Gasteiger partial charge is 0.768 e. The first-order valence-electron chi connectivity index (χ1n) is 7.51. The number of fused-ring (bicyclic) bond motifs is 1. The second-order valence-electron chi connectivity index (χ2n) is 5.43. The van der Waals surface area contributed by atoms with Crippen molar-refractivity contribution < 1.29 is 13.2 Å². The molecule has 0 radical (unpaired) electrons. The molecule has 3 aromatic carbocycles. The fourth-order valence-corrected chi connectivity index (χ4v) is 3.22. The van der Waals surface area contributed by atoms with Crippen LogP contribution in [0.15, 0.2) is 88.2 Å². The van der Waals surface area contributed by atoms with Gasteiger partial charge in [-0.2, -0.15) is 0 Å². The van der Waals surface area contributed by atoms with Crippen LogP contribution in [0.3, 0.4) is 0 Å². The van der Waals surface area contributed by atoms with Gasteiger partial charge in [0.1, 0.15) is 11.3 Å². The van der Waals surface area contributed by atoms with Crippen LogP contribution in [0.4, 0.5) is 0 Å². The van der Waals surface area contributed by atoms with E-state index < -0.39 is 11.1 Å². The van der Waals surface area contributed by atoms with E-state index in [4.69, 9.17) is 4.42 Å². The van der Waals surface area contributed by atoms with Crippen LogP contribution < -0.4 is 0 Å². The highest BCUT2D eigenvalue weighted by Gasteiger charge is 2.17. The second kappa shape index (κ2) is 6.07. The third-order valence-electron chi connectivity index (χ3n) is 3.97. The molecule has 0 fully saturated rings. The molecule has 1 heterocycles. The van der Waals surface area contributed by atoms with Crippen molar-refractivity contribution in [3.63, 3.8) is 0 Å². The highest BCUT2D eigenvalue weighted by atomic mass is 32.2. The molecule has 0 saturated heterocycles. The zero-order valence-electron chi connectivity index (χ0n) is 12.6. The van der Waals surface area contributed by atoms with E-state index >= 15 is 0 Å². The Labute approximate surface area is 141 Å². The lowest BCUT2D eigenvalue weighted by Gasteiger charge is -2.07. The fourth-order valence-electron chi connectivity index (χ4n) is 2.86. The first-order valence-corrected chi connectivity index (χ1v) is 8.58. The van der Waals surface area contributed by atoms with Crippen LogP contribution in [-0.2, 0) is 11.1 Å². The van der Waals surface area contributed by atoms with Gasteiger partial charge < -0.3 is 8.97 Å². The molecule has 4 rings (SSSR count). The average Bonchev–Trinajstić information content (AvgIpc) is 3.02. The minimum Gasteiger partial charge on any atom is -0.768 e. The normalized spacial score (nSPS) is 12.4. The van der Waals surface area contributed by atoms with Crippen LogP contribution in [-0.4, -0.2) is 8.76 Å². The monoisotopic (exact) mass is 333 g/mol. The van der Waals surface area contributed by atoms with Crippen molar-refractivity contribution in [2.45, 2.75) is 4.90 Å². The highest BCUT2D eigenvalue weighted by molar-refractivity contribution is 7.79. The van der Waals surface area contributed by atoms with E-state index in [9.17, 15) is 8.76 Å². The topological polar surface area (TPSA) is 53.3 Å². The summed E-state index contributed by atoms with van der Waals surface area (Å²) in [6, 6.07) is 24.7. The molecule has 0 aliphatic rings. The predicted molar refractivity (Wildman–Crippen MR) is 94.3 cm³/mol. The molecular formula is C20H13O3S-. The Morgan fingerprint density at radius 1 is 0.750 bits per heavy atom. The van der Waals surface area contributed by atoms with Gasteiger partial charge >= 0.3 is 0 Å². The van der Waals surface area contributed by atoms with E-state index in [1.165, 1.54) is 0 Å². The van der Waals surface area contributed by atoms with Gasteiger partial charge in [0.25, 0.3) is 0 Å². The number of furan rings is 1. The Bertz CT molecular complexity index is 1020. The molecule has 4 heteroatoms. The first kappa shape index (κ1) is 14.9. The van der Waals surface area contributed by atoms with Crippen LogP contribution in [0.1, 0.15) is 0 Å². The summed E-state index contributed by atoms with van der Waals surface area (Å²) in [5.74, 6) is 0.741. The number of rotatable bonds is 3. The molecule has 0 amide bonds. The van der Waals surface area contributed by atoms with Gasteiger partial charge in [0.15, 0.2) is 0 Å². The van der Waals surface area contributed by atoms with E-state index in [2.05, 4.69) is 0 Å². The summed E-state index contributed by atoms with van der Waals surface area (Å²) >= 11 is -2.23. The van der Waals surface area contributed by atoms with E-state index in [-0.39, 0.29) is 4.90 Å². The lowest BCUT2D eigenvalue weighted by molar-refractivity contribution is 0.537. The van der Waals surface area contributed by atoms with Crippen LogP contribution in [0.5, 0.6) is 0 Å². The number of hydrogen-bond donors (Lipinski definition) is 0. The first-order chi connectivity index (χ1) is 11.7. The molecule has 0 aliphatic heterocycles. The smallest absolute Gasteiger partial charge is 0.143 e. The summed E-state index contributed by atoms with van der Waals surface area (Å²) in [5, 5.41) is 1.04. The van der Waals surface area contributed by atoms with Gasteiger partial charge in [0.2, 0.25) is 0 Å². The van der Waals surface area contributed by atoms with Gasteiger partial charge in [-0.1, -0.05) is 60.7 Å². The lowest BCUT2D eigenvalue weighted by atomic mass is 9.99. The standard InChI is InChI=1S/C20H14O3S/c21-24(22)16-12-10-15(11-13-16)20-19(14-6-2-1-3-7-14)17-8-4-5-9-18(17)23-20/h1-13H,(H,21,22)/p-1. The molecule has 1 aromatic heterocycles. The number of hydrogen-bond acceptors (Lipinski definition) is 3. The van der Waals surface area contributed by atoms with Gasteiger partial charge in [-0.25, -0.2) is 0 Å². The molecule has 4 aromatic rings. The summed E-state index contributed by atoms with van der Waals surface area (Å²) in [6.07, 6.45) is 0. The van der Waals surface area contributed by atoms with Gasteiger partial charge in [0.05, 0.1) is 0 Å². The molecule has 0 aliphatic carbocycles. The summed E-state index contributed by atoms with van der Waals surface area (Å²) < 4.78 is 28.2. The van der Waals surface area contributed by atoms with Crippen LogP contribution >= 0.6 is 0 Å². The maximum atomic E-state index is 11.1. The van der Waals surface area contributed by atoms with Crippen molar-refractivity contribution in [1.29, 1.82) is 0 Å². The van der Waals surface area contributed by atoms with Crippen LogP contribution in [0.25, 0.3) is 33.4 Å². The van der Waals surface area contributed by atoms with E-state index in [1.807, 2.05) is 54.6 Å². The van der Waals surface area contributed by atoms with Crippen molar-refractivity contribution in [3.8, 4) is 22.5 Å². The third kappa shape index (κ3) is 2.56. The Morgan fingerprint density at radius 2 is 1.42 bits per heavy atom. The SMILES string of the molecule is O=S([O-])c1ccc(-c2oc3ccccc3c2-c2ccccc2)cc1. The molecular weight excluding hydrogens is 320 g/mol. The Morgan fingerprint density at radius 3 is 2.12 bits per heavy atom. The molecule has 0 spiro atoms. The van der Waals surface area contributed by atoms with Crippen molar-refractivity contribution in [3.05, 3.63) is 78.9 Å². The number of benzene rings is 3. The predicted octanol–water partition coefficient (Wildman–Crippen LogP) is 5.00. The third-order valence-corrected chi connectivity index (χ3v) is 4.62. The molecule has 1 unspecified atom stereocenters. The van der Waals surface area contributed by atoms with Gasteiger partial charge in [-0.3, -0.25) is 4.21 Å². The molecule has 24 heavy (non-hydrogen) atoms. The maximum absolute atomic E-state index is 11.1. The van der Waals surface area contributed by atoms with Crippen molar-refractivity contribution in [2.75, 3.05) is 0 Å². The van der Waals surface area contributed by atoms with Crippen LogP contribution in [0.2, 0.25) is 0 Å². The van der Waals surface area contributed by atoms with Gasteiger partial charge in [-0.05, 0) is 34.8 Å². The molecule has 1 atom stereocenters. The summed E-state index contributed by atoms with van der Waals surface area (Å²) in [6.45, 7) is 0. The lowest BCUT2D eigenvalue weighted by Crippen LogP contribution is -1.88. The summed E-state index contributed by atoms with van der Waals surface area (Å²) in [7, 11) is 0. The number of para-hydroxylation sites is 1. The van der Waals surface area contributed by atoms with Crippen molar-refractivity contribution in [1.82, 2.24) is 0 Å². The van der Waals surface area contributed by atoms with Gasteiger partial charge in [0, 0.05) is 21.4 Å². The molecule has 0 N–H and O–H groups in total. The Balaban J connectivity index is 1.96. The summed E-state index contributed by atoms with van der Waals surface area (Å²) in [4.78, 5) is 0.260. The molecule has 0 bridgehead atoms. The van der Waals surface area contributed by atoms with E-state index in [1.54, 1.807) is 24.3 Å². The van der Waals surface area contributed by atoms with E-state index in [0.29, 0.717) is 0 Å². The van der Waals surface area contributed by atoms with E-state index in [0.717, 1.165) is 33.4 Å². The molecule has 3 nitrogen and oxygen atoms in total. The minimum absolute atomic E-state index is 0.260. The van der Waals surface area contributed by atoms with Gasteiger partial charge in [-0.15, -0.1) is 0 Å². The van der Waals surface area contributed by atoms with Crippen LogP contribution in [0, 0.1) is 0 Å². The van der Waals surface area contributed by atoms with Crippen molar-refractivity contribution in [2.24, 2.45) is 0 Å². The zero-order valence-corrected chi connectivity index (χ0v) is 13.5. The Hall–Kier alpha value is -2.69. The van der Waals surface area contributed by atoms with Crippen molar-refractivity contribution >= 4 is 22.0 Å². The second-order valence-corrected chi connectivity index (χ2v) is 6.37.